The summed E-state index contributed by atoms with van der Waals surface area (Å²) in [4.78, 5) is 98.0. The summed E-state index contributed by atoms with van der Waals surface area (Å²) in [5, 5.41) is 21.4. The number of hydrogen-bond acceptors (Lipinski definition) is 35. The van der Waals surface area contributed by atoms with Crippen LogP contribution in [0.5, 0.6) is 0 Å². The van der Waals surface area contributed by atoms with Crippen molar-refractivity contribution in [2.75, 3.05) is 392 Å². The van der Waals surface area contributed by atoms with Crippen LogP contribution < -0.4 is 42.5 Å². The zero-order valence-electron chi connectivity index (χ0n) is 67.9. The van der Waals surface area contributed by atoms with Crippen molar-refractivity contribution in [1.82, 2.24) is 42.5 Å². The summed E-state index contributed by atoms with van der Waals surface area (Å²) in [6.07, 6.45) is -1.91. The van der Waals surface area contributed by atoms with Crippen LogP contribution in [0.2, 0.25) is 0 Å². The molecule has 0 aromatic heterocycles. The number of amides is 8. The van der Waals surface area contributed by atoms with Gasteiger partial charge >= 0.3 is 0 Å². The number of methoxy groups -OCH3 is 4. The zero-order valence-corrected chi connectivity index (χ0v) is 67.9. The minimum Gasteiger partial charge on any atom is -0.382 e. The van der Waals surface area contributed by atoms with E-state index in [9.17, 15) is 38.4 Å². The maximum atomic E-state index is 12.8. The van der Waals surface area contributed by atoms with E-state index in [0.29, 0.717) is 79.3 Å². The summed E-state index contributed by atoms with van der Waals surface area (Å²) in [5.74, 6) is -2.68. The molecule has 0 spiro atoms. The summed E-state index contributed by atoms with van der Waals surface area (Å²) in [7, 11) is 7.81. The molecule has 0 aliphatic carbocycles. The average Bonchev–Trinajstić information content (AvgIpc) is 0.986. The first-order chi connectivity index (χ1) is 55.9. The van der Waals surface area contributed by atoms with Crippen LogP contribution >= 0.6 is 0 Å². The lowest BCUT2D eigenvalue weighted by Crippen LogP contribution is -2.36. The first-order valence-corrected chi connectivity index (χ1v) is 38.3. The van der Waals surface area contributed by atoms with Crippen LogP contribution in [0.4, 0.5) is 0 Å². The Morgan fingerprint density at radius 1 is 0.193 bits per heavy atom. The molecule has 43 heteroatoms. The molecule has 0 fully saturated rings. The Kier molecular flexibility index (Phi) is 84.4. The number of rotatable bonds is 92. The van der Waals surface area contributed by atoms with E-state index in [2.05, 4.69) is 42.5 Å². The smallest absolute Gasteiger partial charge is 0.246 e. The van der Waals surface area contributed by atoms with Gasteiger partial charge in [-0.15, -0.1) is 0 Å². The highest BCUT2D eigenvalue weighted by Crippen LogP contribution is 2.01. The summed E-state index contributed by atoms with van der Waals surface area (Å²) in [5.41, 5.74) is 0. The Morgan fingerprint density at radius 3 is 0.561 bits per heavy atom. The van der Waals surface area contributed by atoms with Crippen molar-refractivity contribution < 1.29 is 166 Å². The lowest BCUT2D eigenvalue weighted by Gasteiger charge is -2.19. The van der Waals surface area contributed by atoms with E-state index in [-0.39, 0.29) is 313 Å². The molecule has 0 bridgehead atoms. The molecule has 0 saturated carbocycles. The normalized spacial score (nSPS) is 11.4. The molecule has 0 aliphatic rings. The number of hydrogen-bond donors (Lipinski definition) is 8. The summed E-state index contributed by atoms with van der Waals surface area (Å²) in [6.45, 7) is 9.90. The standard InChI is InChI=1S/C71H136N8O35/c1-72-64(80)6-7-73-69(85)58-112-61(48-102-42-32-96-18-12-78-70(86)59-113-62(50-104-38-28-92-14-8-74-65(81)54-108-44-34-98-24-20-88-2)51-105-39-29-93-15-9-75-66(82)55-109-45-35-99-25-21-89-3)49-103-43-33-97-19-13-79-71(87)60-114-63(52-106-40-30-94-16-10-76-67(83)56-110-46-36-100-26-22-90-4)53-107-41-31-95-17-11-77-68(84)57-111-47-37-101-27-23-91-5/h61-63H,6-60H2,1-5H3,(H,72,80)(H,73,85)(H,74,81)(H,75,82)(H,76,83)(H,77,84)(H,78,86)(H,79,87). The Bertz CT molecular complexity index is 2000. The lowest BCUT2D eigenvalue weighted by molar-refractivity contribution is -0.133. The SMILES string of the molecule is CNC(=O)CCNC(=O)COC(COCCOCCNC(=O)COC(COCCOCCNC(=O)COCCOCCOC)COCCOCCNC(=O)COCCOCCOC)COCCOCCNC(=O)COC(COCCOCCNC(=O)COCCOCCOC)COCCOCCNC(=O)COCCOCCOC. The van der Waals surface area contributed by atoms with Gasteiger partial charge in [0.2, 0.25) is 47.3 Å². The minimum atomic E-state index is -0.696. The van der Waals surface area contributed by atoms with Crippen molar-refractivity contribution in [2.24, 2.45) is 0 Å². The van der Waals surface area contributed by atoms with Crippen molar-refractivity contribution >= 4 is 47.3 Å². The highest BCUT2D eigenvalue weighted by molar-refractivity contribution is 5.80. The average molecular weight is 1660 g/mol. The van der Waals surface area contributed by atoms with Gasteiger partial charge in [0.1, 0.15) is 64.6 Å². The maximum absolute atomic E-state index is 12.8. The Labute approximate surface area is 670 Å². The van der Waals surface area contributed by atoms with Gasteiger partial charge in [-0.2, -0.15) is 0 Å². The molecule has 114 heavy (non-hydrogen) atoms. The van der Waals surface area contributed by atoms with Crippen molar-refractivity contribution in [2.45, 2.75) is 24.7 Å². The molecule has 0 rings (SSSR count). The van der Waals surface area contributed by atoms with Gasteiger partial charge < -0.3 is 170 Å². The first kappa shape index (κ1) is 109. The Balaban J connectivity index is 5.03. The van der Waals surface area contributed by atoms with E-state index in [4.69, 9.17) is 128 Å². The van der Waals surface area contributed by atoms with Crippen LogP contribution in [-0.2, 0) is 166 Å². The third-order valence-corrected chi connectivity index (χ3v) is 13.9. The van der Waals surface area contributed by atoms with Crippen LogP contribution in [0.1, 0.15) is 6.42 Å². The second-order valence-electron chi connectivity index (χ2n) is 23.4. The van der Waals surface area contributed by atoms with Crippen LogP contribution in [0.15, 0.2) is 0 Å². The van der Waals surface area contributed by atoms with Gasteiger partial charge in [-0.25, -0.2) is 0 Å². The van der Waals surface area contributed by atoms with Crippen molar-refractivity contribution in [3.8, 4) is 0 Å². The lowest BCUT2D eigenvalue weighted by atomic mass is 10.4. The highest BCUT2D eigenvalue weighted by Gasteiger charge is 2.18. The molecule has 0 aromatic carbocycles. The second kappa shape index (κ2) is 88.5. The molecule has 0 unspecified atom stereocenters. The number of ether oxygens (including phenoxy) is 27. The summed E-state index contributed by atoms with van der Waals surface area (Å²) < 4.78 is 148. The highest BCUT2D eigenvalue weighted by atomic mass is 16.6. The number of nitrogens with one attached hydrogen (secondary N) is 8. The van der Waals surface area contributed by atoms with Gasteiger partial charge in [-0.1, -0.05) is 0 Å². The Hall–Kier alpha value is -5.32. The molecule has 8 N–H and O–H groups in total. The molecular weight excluding hydrogens is 1520 g/mol. The van der Waals surface area contributed by atoms with Gasteiger partial charge in [0.05, 0.1) is 264 Å². The van der Waals surface area contributed by atoms with Gasteiger partial charge in [0, 0.05) is 87.7 Å². The molecule has 0 aliphatic heterocycles. The monoisotopic (exact) mass is 1660 g/mol. The van der Waals surface area contributed by atoms with Gasteiger partial charge in [0.25, 0.3) is 0 Å². The second-order valence-corrected chi connectivity index (χ2v) is 23.4. The summed E-state index contributed by atoms with van der Waals surface area (Å²) >= 11 is 0. The zero-order chi connectivity index (χ0) is 83.0. The van der Waals surface area contributed by atoms with E-state index in [1.807, 2.05) is 0 Å². The van der Waals surface area contributed by atoms with E-state index in [1.165, 1.54) is 7.05 Å². The van der Waals surface area contributed by atoms with E-state index < -0.39 is 36.0 Å². The molecule has 0 aromatic rings. The van der Waals surface area contributed by atoms with Gasteiger partial charge in [0.15, 0.2) is 0 Å². The molecule has 43 nitrogen and oxygen atoms in total. The largest absolute Gasteiger partial charge is 0.382 e. The van der Waals surface area contributed by atoms with E-state index >= 15 is 0 Å². The van der Waals surface area contributed by atoms with Crippen LogP contribution in [-0.4, -0.2) is 457 Å². The molecule has 0 heterocycles. The first-order valence-electron chi connectivity index (χ1n) is 38.3. The fourth-order valence-corrected chi connectivity index (χ4v) is 8.10. The van der Waals surface area contributed by atoms with Gasteiger partial charge in [-0.05, 0) is 0 Å². The molecule has 0 radical (unpaired) electrons. The predicted octanol–water partition coefficient (Wildman–Crippen LogP) is -5.99. The quantitative estimate of drug-likeness (QED) is 0.0263. The van der Waals surface area contributed by atoms with Crippen LogP contribution in [0, 0.1) is 0 Å². The maximum Gasteiger partial charge on any atom is 0.246 e. The fraction of sp³-hybridized carbons (Fsp3) is 0.887. The fourth-order valence-electron chi connectivity index (χ4n) is 8.10. The molecular formula is C71H136N8O35. The Morgan fingerprint density at radius 2 is 0.360 bits per heavy atom. The van der Waals surface area contributed by atoms with E-state index in [1.54, 1.807) is 28.4 Å². The third kappa shape index (κ3) is 83.2. The van der Waals surface area contributed by atoms with Crippen molar-refractivity contribution in [1.29, 1.82) is 0 Å². The topological polar surface area (TPSA) is 482 Å². The van der Waals surface area contributed by atoms with E-state index in [0.717, 1.165) is 0 Å². The minimum absolute atomic E-state index is 0.0173. The third-order valence-electron chi connectivity index (χ3n) is 13.9. The van der Waals surface area contributed by atoms with Gasteiger partial charge in [-0.3, -0.25) is 38.4 Å². The van der Waals surface area contributed by atoms with Crippen LogP contribution in [0.25, 0.3) is 0 Å². The van der Waals surface area contributed by atoms with Crippen LogP contribution in [0.3, 0.4) is 0 Å². The summed E-state index contributed by atoms with van der Waals surface area (Å²) in [6, 6.07) is 0. The number of carbonyl (C=O) groups is 8. The number of carbonyl (C=O) groups excluding carboxylic acids is 8. The molecule has 670 valence electrons. The van der Waals surface area contributed by atoms with Crippen molar-refractivity contribution in [3.05, 3.63) is 0 Å². The molecule has 0 atom stereocenters. The van der Waals surface area contributed by atoms with Crippen molar-refractivity contribution in [3.63, 3.8) is 0 Å². The molecule has 0 saturated heterocycles. The predicted molar refractivity (Wildman–Crippen MR) is 403 cm³/mol. The molecule has 8 amide bonds.